The Morgan fingerprint density at radius 2 is 2.22 bits per heavy atom. The molecule has 3 N–H and O–H groups in total. The van der Waals surface area contributed by atoms with E-state index in [-0.39, 0.29) is 0 Å². The van der Waals surface area contributed by atoms with E-state index in [0.29, 0.717) is 12.1 Å². The van der Waals surface area contributed by atoms with Crippen LogP contribution in [0.3, 0.4) is 0 Å². The highest BCUT2D eigenvalue weighted by molar-refractivity contribution is 4.85. The first kappa shape index (κ1) is 7.03. The van der Waals surface area contributed by atoms with Crippen molar-refractivity contribution in [1.29, 1.82) is 0 Å². The van der Waals surface area contributed by atoms with Gasteiger partial charge in [0.05, 0.1) is 0 Å². The molecule has 0 radical (unpaired) electrons. The first-order valence-electron chi connectivity index (χ1n) is 3.69. The number of hydrogen-bond donors (Lipinski definition) is 2. The van der Waals surface area contributed by atoms with Crippen LogP contribution in [0.5, 0.6) is 0 Å². The predicted octanol–water partition coefficient (Wildman–Crippen LogP) is 0.332. The summed E-state index contributed by atoms with van der Waals surface area (Å²) < 4.78 is 0. The molecule has 9 heavy (non-hydrogen) atoms. The minimum atomic E-state index is 0.400. The molecule has 0 aromatic rings. The fraction of sp³-hybridized carbons (Fsp3) is 1.00. The van der Waals surface area contributed by atoms with Gasteiger partial charge < -0.3 is 11.1 Å². The van der Waals surface area contributed by atoms with Crippen LogP contribution in [0.4, 0.5) is 0 Å². The van der Waals surface area contributed by atoms with E-state index in [1.165, 1.54) is 0 Å². The van der Waals surface area contributed by atoms with Crippen molar-refractivity contribution in [2.45, 2.75) is 32.4 Å². The molecule has 1 aliphatic rings. The summed E-state index contributed by atoms with van der Waals surface area (Å²) in [5, 5.41) is 3.38. The van der Waals surface area contributed by atoms with Crippen molar-refractivity contribution in [3.05, 3.63) is 0 Å². The van der Waals surface area contributed by atoms with E-state index in [0.717, 1.165) is 18.9 Å². The molecule has 0 amide bonds. The number of nitrogens with one attached hydrogen (secondary N) is 1. The molecule has 1 fully saturated rings. The summed E-state index contributed by atoms with van der Waals surface area (Å²) in [5.41, 5.74) is 5.70. The average Bonchev–Trinajstić information content (AvgIpc) is 2.14. The van der Waals surface area contributed by atoms with Crippen LogP contribution in [0.15, 0.2) is 0 Å². The van der Waals surface area contributed by atoms with Crippen LogP contribution in [0.25, 0.3) is 0 Å². The molecule has 1 saturated heterocycles. The molecule has 0 aromatic carbocycles. The van der Waals surface area contributed by atoms with Gasteiger partial charge in [-0.05, 0) is 12.3 Å². The van der Waals surface area contributed by atoms with Gasteiger partial charge in [-0.25, -0.2) is 0 Å². The van der Waals surface area contributed by atoms with Crippen LogP contribution in [-0.4, -0.2) is 18.6 Å². The van der Waals surface area contributed by atoms with Crippen molar-refractivity contribution in [3.8, 4) is 0 Å². The summed E-state index contributed by atoms with van der Waals surface area (Å²) in [4.78, 5) is 0. The molecule has 0 unspecified atom stereocenters. The van der Waals surface area contributed by atoms with Crippen molar-refractivity contribution in [3.63, 3.8) is 0 Å². The number of hydrogen-bond acceptors (Lipinski definition) is 2. The molecule has 2 atom stereocenters. The lowest BCUT2D eigenvalue weighted by atomic mass is 10.0. The highest BCUT2D eigenvalue weighted by atomic mass is 15.0. The molecule has 2 heteroatoms. The lowest BCUT2D eigenvalue weighted by Crippen LogP contribution is -2.26. The van der Waals surface area contributed by atoms with E-state index in [1.54, 1.807) is 0 Å². The Morgan fingerprint density at radius 3 is 2.44 bits per heavy atom. The number of rotatable bonds is 1. The van der Waals surface area contributed by atoms with Gasteiger partial charge in [0.15, 0.2) is 0 Å². The zero-order valence-corrected chi connectivity index (χ0v) is 6.22. The highest BCUT2D eigenvalue weighted by Gasteiger charge is 2.22. The Bertz CT molecular complexity index is 90.9. The average molecular weight is 128 g/mol. The zero-order valence-electron chi connectivity index (χ0n) is 6.22. The summed E-state index contributed by atoms with van der Waals surface area (Å²) >= 11 is 0. The van der Waals surface area contributed by atoms with Crippen molar-refractivity contribution in [2.75, 3.05) is 6.54 Å². The fourth-order valence-corrected chi connectivity index (χ4v) is 1.30. The van der Waals surface area contributed by atoms with Gasteiger partial charge in [-0.1, -0.05) is 13.8 Å². The van der Waals surface area contributed by atoms with Gasteiger partial charge in [-0.3, -0.25) is 0 Å². The van der Waals surface area contributed by atoms with Crippen molar-refractivity contribution in [1.82, 2.24) is 5.32 Å². The van der Waals surface area contributed by atoms with E-state index >= 15 is 0 Å². The quantitative estimate of drug-likeness (QED) is 0.534. The van der Waals surface area contributed by atoms with Crippen LogP contribution in [0, 0.1) is 5.92 Å². The molecule has 0 spiro atoms. The Balaban J connectivity index is 2.30. The van der Waals surface area contributed by atoms with Gasteiger partial charge in [0.2, 0.25) is 0 Å². The van der Waals surface area contributed by atoms with Gasteiger partial charge in [0.25, 0.3) is 0 Å². The zero-order chi connectivity index (χ0) is 6.85. The van der Waals surface area contributed by atoms with Gasteiger partial charge in [0.1, 0.15) is 0 Å². The van der Waals surface area contributed by atoms with Crippen LogP contribution in [-0.2, 0) is 0 Å². The largest absolute Gasteiger partial charge is 0.326 e. The van der Waals surface area contributed by atoms with Crippen LogP contribution in [0.2, 0.25) is 0 Å². The van der Waals surface area contributed by atoms with Crippen molar-refractivity contribution >= 4 is 0 Å². The van der Waals surface area contributed by atoms with E-state index in [1.807, 2.05) is 0 Å². The second-order valence-corrected chi connectivity index (χ2v) is 3.25. The normalized spacial score (nSPS) is 36.0. The number of nitrogens with two attached hydrogens (primary N) is 1. The topological polar surface area (TPSA) is 38.0 Å². The smallest absolute Gasteiger partial charge is 0.0180 e. The lowest BCUT2D eigenvalue weighted by Gasteiger charge is -2.13. The molecular formula is C7H16N2. The van der Waals surface area contributed by atoms with E-state index in [2.05, 4.69) is 19.2 Å². The lowest BCUT2D eigenvalue weighted by molar-refractivity contribution is 0.449. The summed E-state index contributed by atoms with van der Waals surface area (Å²) in [7, 11) is 0. The predicted molar refractivity (Wildman–Crippen MR) is 39.2 cm³/mol. The minimum Gasteiger partial charge on any atom is -0.326 e. The van der Waals surface area contributed by atoms with Gasteiger partial charge >= 0.3 is 0 Å². The standard InChI is InChI=1S/C7H16N2/c1-5(2)7-3-6(8)4-9-7/h5-7,9H,3-4,8H2,1-2H3/t6-,7+/m0/s1. The summed E-state index contributed by atoms with van der Waals surface area (Å²) in [6.45, 7) is 5.47. The van der Waals surface area contributed by atoms with Crippen LogP contribution in [0.1, 0.15) is 20.3 Å². The maximum Gasteiger partial charge on any atom is 0.0180 e. The van der Waals surface area contributed by atoms with Crippen molar-refractivity contribution < 1.29 is 0 Å². The Kier molecular flexibility index (Phi) is 2.09. The first-order chi connectivity index (χ1) is 4.20. The Morgan fingerprint density at radius 1 is 1.56 bits per heavy atom. The van der Waals surface area contributed by atoms with E-state index in [4.69, 9.17) is 5.73 Å². The first-order valence-corrected chi connectivity index (χ1v) is 3.69. The monoisotopic (exact) mass is 128 g/mol. The Labute approximate surface area is 56.8 Å². The van der Waals surface area contributed by atoms with E-state index in [9.17, 15) is 0 Å². The Hall–Kier alpha value is -0.0800. The second-order valence-electron chi connectivity index (χ2n) is 3.25. The van der Waals surface area contributed by atoms with Gasteiger partial charge in [-0.15, -0.1) is 0 Å². The third kappa shape index (κ3) is 1.66. The second kappa shape index (κ2) is 2.67. The third-order valence-electron chi connectivity index (χ3n) is 2.00. The molecule has 0 saturated carbocycles. The highest BCUT2D eigenvalue weighted by Crippen LogP contribution is 2.12. The van der Waals surface area contributed by atoms with Crippen molar-refractivity contribution in [2.24, 2.45) is 11.7 Å². The van der Waals surface area contributed by atoms with Gasteiger partial charge in [0, 0.05) is 18.6 Å². The molecule has 0 bridgehead atoms. The molecule has 2 nitrogen and oxygen atoms in total. The molecule has 0 aliphatic carbocycles. The van der Waals surface area contributed by atoms with E-state index < -0.39 is 0 Å². The maximum absolute atomic E-state index is 5.70. The summed E-state index contributed by atoms with van der Waals surface area (Å²) in [5.74, 6) is 0.735. The summed E-state index contributed by atoms with van der Waals surface area (Å²) in [6, 6.07) is 1.07. The van der Waals surface area contributed by atoms with Gasteiger partial charge in [-0.2, -0.15) is 0 Å². The molecule has 1 rings (SSSR count). The molecule has 1 heterocycles. The molecule has 0 aromatic heterocycles. The molecule has 54 valence electrons. The molecule has 1 aliphatic heterocycles. The third-order valence-corrected chi connectivity index (χ3v) is 2.00. The molecular weight excluding hydrogens is 112 g/mol. The summed E-state index contributed by atoms with van der Waals surface area (Å²) in [6.07, 6.45) is 1.15. The van der Waals surface area contributed by atoms with Crippen LogP contribution < -0.4 is 11.1 Å². The van der Waals surface area contributed by atoms with Crippen LogP contribution >= 0.6 is 0 Å². The SMILES string of the molecule is CC(C)[C@H]1C[C@H](N)CN1. The maximum atomic E-state index is 5.70. The fourth-order valence-electron chi connectivity index (χ4n) is 1.30. The minimum absolute atomic E-state index is 0.400.